The van der Waals surface area contributed by atoms with Crippen LogP contribution in [0.15, 0.2) is 17.2 Å². The third kappa shape index (κ3) is 5.01. The van der Waals surface area contributed by atoms with Crippen LogP contribution in [0.25, 0.3) is 0 Å². The van der Waals surface area contributed by atoms with Crippen molar-refractivity contribution in [2.45, 2.75) is 6.92 Å². The summed E-state index contributed by atoms with van der Waals surface area (Å²) in [6, 6.07) is 1.89. The topological polar surface area (TPSA) is 76.0 Å². The molecule has 0 heterocycles. The summed E-state index contributed by atoms with van der Waals surface area (Å²) >= 11 is 11.4. The average molecular weight is 363 g/mol. The number of ketones is 1. The largest absolute Gasteiger partial charge is 0.465 e. The second kappa shape index (κ2) is 8.59. The van der Waals surface area contributed by atoms with Gasteiger partial charge in [0.15, 0.2) is 11.7 Å². The van der Waals surface area contributed by atoms with Crippen LogP contribution in [0.3, 0.4) is 0 Å². The molecule has 1 aromatic carbocycles. The number of nitrogens with zero attached hydrogens (tertiary/aromatic N) is 2. The molecule has 0 fully saturated rings. The number of hydrogen-bond acceptors (Lipinski definition) is 5. The third-order valence-corrected chi connectivity index (χ3v) is 3.25. The Morgan fingerprint density at radius 3 is 2.61 bits per heavy atom. The third-order valence-electron chi connectivity index (χ3n) is 2.65. The first-order valence-electron chi connectivity index (χ1n) is 6.39. The number of hydrogen-bond donors (Lipinski definition) is 0. The second-order valence-electron chi connectivity index (χ2n) is 4.28. The van der Waals surface area contributed by atoms with Crippen molar-refractivity contribution in [3.63, 3.8) is 0 Å². The average Bonchev–Trinajstić information content (AvgIpc) is 2.50. The molecule has 0 radical (unpaired) electrons. The Hall–Kier alpha value is -1.99. The fraction of sp³-hybridized carbons (Fsp3) is 0.286. The van der Waals surface area contributed by atoms with Gasteiger partial charge in [0.25, 0.3) is 0 Å². The Labute approximate surface area is 141 Å². The molecule has 0 aliphatic rings. The number of carbonyl (C=O) groups is 3. The van der Waals surface area contributed by atoms with Crippen molar-refractivity contribution >= 4 is 47.6 Å². The van der Waals surface area contributed by atoms with Crippen LogP contribution in [0.5, 0.6) is 0 Å². The number of hydrazone groups is 1. The molecule has 0 spiro atoms. The molecule has 0 aromatic heterocycles. The molecule has 9 heteroatoms. The van der Waals surface area contributed by atoms with Gasteiger partial charge in [-0.3, -0.25) is 14.4 Å². The zero-order valence-electron chi connectivity index (χ0n) is 12.3. The lowest BCUT2D eigenvalue weighted by molar-refractivity contribution is -0.144. The number of halogens is 3. The zero-order valence-corrected chi connectivity index (χ0v) is 13.8. The lowest BCUT2D eigenvalue weighted by atomic mass is 9.98. The zero-order chi connectivity index (χ0) is 17.6. The molecule has 0 saturated carbocycles. The number of ether oxygens (including phenoxy) is 1. The van der Waals surface area contributed by atoms with Crippen molar-refractivity contribution in [2.24, 2.45) is 11.0 Å². The number of esters is 1. The fourth-order valence-electron chi connectivity index (χ4n) is 1.55. The summed E-state index contributed by atoms with van der Waals surface area (Å²) in [6.07, 6.45) is 1.30. The number of carbonyl (C=O) groups excluding carboxylic acids is 3. The van der Waals surface area contributed by atoms with Crippen molar-refractivity contribution in [3.05, 3.63) is 33.6 Å². The Bertz CT molecular complexity index is 652. The highest BCUT2D eigenvalue weighted by atomic mass is 35.5. The normalized spacial score (nSPS) is 12.0. The molecule has 0 saturated heterocycles. The quantitative estimate of drug-likeness (QED) is 0.142. The van der Waals surface area contributed by atoms with Gasteiger partial charge in [0.2, 0.25) is 6.41 Å². The number of rotatable bonds is 7. The monoisotopic (exact) mass is 362 g/mol. The van der Waals surface area contributed by atoms with Crippen molar-refractivity contribution in [1.29, 1.82) is 0 Å². The summed E-state index contributed by atoms with van der Waals surface area (Å²) in [5.74, 6) is -4.06. The van der Waals surface area contributed by atoms with Crippen LogP contribution >= 0.6 is 23.2 Å². The minimum atomic E-state index is -1.48. The summed E-state index contributed by atoms with van der Waals surface area (Å²) in [7, 11) is 1.31. The summed E-state index contributed by atoms with van der Waals surface area (Å²) in [6.45, 7) is 1.59. The van der Waals surface area contributed by atoms with Gasteiger partial charge in [-0.2, -0.15) is 5.10 Å². The smallest absolute Gasteiger partial charge is 0.322 e. The first kappa shape index (κ1) is 19.1. The van der Waals surface area contributed by atoms with Gasteiger partial charge < -0.3 is 4.74 Å². The van der Waals surface area contributed by atoms with Crippen LogP contribution < -0.4 is 0 Å². The molecule has 0 aliphatic carbocycles. The van der Waals surface area contributed by atoms with Gasteiger partial charge >= 0.3 is 5.97 Å². The Morgan fingerprint density at radius 2 is 2.04 bits per heavy atom. The van der Waals surface area contributed by atoms with E-state index in [0.29, 0.717) is 6.41 Å². The maximum absolute atomic E-state index is 13.6. The molecule has 1 unspecified atom stereocenters. The van der Waals surface area contributed by atoms with Crippen molar-refractivity contribution in [2.75, 3.05) is 13.7 Å². The van der Waals surface area contributed by atoms with Crippen LogP contribution in [0.4, 0.5) is 4.39 Å². The van der Waals surface area contributed by atoms with Crippen LogP contribution in [0.1, 0.15) is 17.3 Å². The molecule has 0 bridgehead atoms. The van der Waals surface area contributed by atoms with Gasteiger partial charge in [-0.1, -0.05) is 23.2 Å². The highest BCUT2D eigenvalue weighted by Crippen LogP contribution is 2.26. The lowest BCUT2D eigenvalue weighted by Gasteiger charge is -2.12. The molecule has 1 amide bonds. The standard InChI is InChI=1S/C14H13Cl2FN2O4/c1-3-23-14(22)9(6-18-19(2)7-20)13(21)8-4-12(17)11(16)5-10(8)15/h4-7,9H,3H2,1-2H3. The van der Waals surface area contributed by atoms with Gasteiger partial charge in [0, 0.05) is 18.8 Å². The molecular weight excluding hydrogens is 350 g/mol. The van der Waals surface area contributed by atoms with E-state index in [4.69, 9.17) is 27.9 Å². The Balaban J connectivity index is 3.23. The predicted octanol–water partition coefficient (Wildman–Crippen LogP) is 2.57. The minimum Gasteiger partial charge on any atom is -0.465 e. The van der Waals surface area contributed by atoms with Gasteiger partial charge in [0.05, 0.1) is 16.7 Å². The Kier molecular flexibility index (Phi) is 7.12. The maximum Gasteiger partial charge on any atom is 0.322 e. The van der Waals surface area contributed by atoms with E-state index in [1.54, 1.807) is 6.92 Å². The summed E-state index contributed by atoms with van der Waals surface area (Å²) < 4.78 is 18.3. The van der Waals surface area contributed by atoms with E-state index in [9.17, 15) is 18.8 Å². The molecule has 23 heavy (non-hydrogen) atoms. The summed E-state index contributed by atoms with van der Waals surface area (Å²) in [5, 5.41) is 4.10. The SMILES string of the molecule is CCOC(=O)C(C=NN(C)C=O)C(=O)c1cc(F)c(Cl)cc1Cl. The van der Waals surface area contributed by atoms with Gasteiger partial charge in [-0.05, 0) is 19.1 Å². The van der Waals surface area contributed by atoms with E-state index >= 15 is 0 Å². The summed E-state index contributed by atoms with van der Waals surface area (Å²) in [5.41, 5.74) is -0.244. The van der Waals surface area contributed by atoms with Crippen LogP contribution in [-0.4, -0.2) is 43.0 Å². The molecule has 0 aliphatic heterocycles. The molecule has 0 N–H and O–H groups in total. The highest BCUT2D eigenvalue weighted by molar-refractivity contribution is 6.37. The van der Waals surface area contributed by atoms with E-state index in [1.807, 2.05) is 0 Å². The van der Waals surface area contributed by atoms with E-state index in [2.05, 4.69) is 5.10 Å². The van der Waals surface area contributed by atoms with Crippen LogP contribution in [-0.2, 0) is 14.3 Å². The molecule has 6 nitrogen and oxygen atoms in total. The number of Topliss-reactive ketones (excluding diaryl/α,β-unsaturated/α-hetero) is 1. The highest BCUT2D eigenvalue weighted by Gasteiger charge is 2.30. The van der Waals surface area contributed by atoms with E-state index in [0.717, 1.165) is 23.4 Å². The van der Waals surface area contributed by atoms with Crippen molar-refractivity contribution in [1.82, 2.24) is 5.01 Å². The molecular formula is C14H13Cl2FN2O4. The second-order valence-corrected chi connectivity index (χ2v) is 5.10. The van der Waals surface area contributed by atoms with Crippen molar-refractivity contribution in [3.8, 4) is 0 Å². The lowest BCUT2D eigenvalue weighted by Crippen LogP contribution is -2.29. The number of amides is 1. The van der Waals surface area contributed by atoms with Gasteiger partial charge in [-0.15, -0.1) is 0 Å². The molecule has 1 atom stereocenters. The Morgan fingerprint density at radius 1 is 1.39 bits per heavy atom. The molecule has 1 rings (SSSR count). The first-order chi connectivity index (χ1) is 10.8. The van der Waals surface area contributed by atoms with E-state index in [1.165, 1.54) is 7.05 Å². The van der Waals surface area contributed by atoms with Crippen LogP contribution in [0.2, 0.25) is 10.0 Å². The molecule has 1 aromatic rings. The molecule has 124 valence electrons. The van der Waals surface area contributed by atoms with Gasteiger partial charge in [0.1, 0.15) is 5.82 Å². The minimum absolute atomic E-state index is 0.0304. The van der Waals surface area contributed by atoms with Crippen molar-refractivity contribution < 1.29 is 23.5 Å². The van der Waals surface area contributed by atoms with E-state index < -0.39 is 23.5 Å². The van der Waals surface area contributed by atoms with Crippen LogP contribution in [0, 0.1) is 11.7 Å². The van der Waals surface area contributed by atoms with Gasteiger partial charge in [-0.25, -0.2) is 9.40 Å². The predicted molar refractivity (Wildman–Crippen MR) is 83.2 cm³/mol. The maximum atomic E-state index is 13.6. The number of benzene rings is 1. The fourth-order valence-corrected chi connectivity index (χ4v) is 2.02. The van der Waals surface area contributed by atoms with E-state index in [-0.39, 0.29) is 22.2 Å². The first-order valence-corrected chi connectivity index (χ1v) is 7.15. The summed E-state index contributed by atoms with van der Waals surface area (Å²) in [4.78, 5) is 34.9.